The second-order valence-electron chi connectivity index (χ2n) is 24.6. The SMILES string of the molecule is CCCCCCCCCCCCCCCCCCCCCC(=O)OCCCCCCCCCCCCCCCCCCCCCCCCCCC(=O)NC(CO)C(O)CCCCCCCCCCCCCCCCCC. The number of aliphatic hydroxyl groups is 2. The van der Waals surface area contributed by atoms with Gasteiger partial charge in [0.15, 0.2) is 0 Å². The summed E-state index contributed by atoms with van der Waals surface area (Å²) < 4.78 is 5.51. The number of carbonyl (C=O) groups is 2. The number of nitrogens with one attached hydrogen (secondary N) is 1. The maximum Gasteiger partial charge on any atom is 0.305 e. The van der Waals surface area contributed by atoms with E-state index in [2.05, 4.69) is 19.2 Å². The van der Waals surface area contributed by atoms with Crippen LogP contribution in [0.4, 0.5) is 0 Å². The minimum absolute atomic E-state index is 0.0217. The van der Waals surface area contributed by atoms with Gasteiger partial charge in [-0.3, -0.25) is 9.59 Å². The third-order valence-corrected chi connectivity index (χ3v) is 16.9. The molecular formula is C70H139NO5. The van der Waals surface area contributed by atoms with Crippen LogP contribution in [0.3, 0.4) is 0 Å². The van der Waals surface area contributed by atoms with Gasteiger partial charge in [0.25, 0.3) is 0 Å². The number of unbranched alkanes of at least 4 members (excludes halogenated alkanes) is 56. The Balaban J connectivity index is 3.33. The highest BCUT2D eigenvalue weighted by molar-refractivity contribution is 5.76. The lowest BCUT2D eigenvalue weighted by Gasteiger charge is -2.22. The first-order valence-corrected chi connectivity index (χ1v) is 35.3. The fourth-order valence-electron chi connectivity index (χ4n) is 11.5. The van der Waals surface area contributed by atoms with Crippen molar-refractivity contribution in [1.82, 2.24) is 5.32 Å². The molecule has 0 saturated carbocycles. The summed E-state index contributed by atoms with van der Waals surface area (Å²) in [5.74, 6) is -0.00794. The first kappa shape index (κ1) is 74.9. The lowest BCUT2D eigenvalue weighted by atomic mass is 10.0. The lowest BCUT2D eigenvalue weighted by molar-refractivity contribution is -0.143. The Morgan fingerprint density at radius 3 is 0.803 bits per heavy atom. The number of hydrogen-bond acceptors (Lipinski definition) is 5. The van der Waals surface area contributed by atoms with Gasteiger partial charge >= 0.3 is 5.97 Å². The van der Waals surface area contributed by atoms with Crippen LogP contribution in [-0.2, 0) is 14.3 Å². The van der Waals surface area contributed by atoms with Gasteiger partial charge in [-0.2, -0.15) is 0 Å². The van der Waals surface area contributed by atoms with Crippen LogP contribution < -0.4 is 5.32 Å². The Morgan fingerprint density at radius 2 is 0.539 bits per heavy atom. The van der Waals surface area contributed by atoms with E-state index in [1.54, 1.807) is 0 Å². The van der Waals surface area contributed by atoms with Crippen LogP contribution in [-0.4, -0.2) is 47.4 Å². The predicted molar refractivity (Wildman–Crippen MR) is 334 cm³/mol. The van der Waals surface area contributed by atoms with Crippen LogP contribution in [0.5, 0.6) is 0 Å². The Morgan fingerprint density at radius 1 is 0.316 bits per heavy atom. The minimum Gasteiger partial charge on any atom is -0.466 e. The zero-order chi connectivity index (χ0) is 55.0. The van der Waals surface area contributed by atoms with Crippen LogP contribution in [0.15, 0.2) is 0 Å². The molecule has 0 saturated heterocycles. The molecular weight excluding hydrogens is 935 g/mol. The largest absolute Gasteiger partial charge is 0.466 e. The molecule has 76 heavy (non-hydrogen) atoms. The highest BCUT2D eigenvalue weighted by Gasteiger charge is 2.20. The first-order valence-electron chi connectivity index (χ1n) is 35.3. The van der Waals surface area contributed by atoms with Crippen molar-refractivity contribution in [1.29, 1.82) is 0 Å². The van der Waals surface area contributed by atoms with Gasteiger partial charge in [-0.05, 0) is 25.7 Å². The van der Waals surface area contributed by atoms with Gasteiger partial charge in [0, 0.05) is 12.8 Å². The van der Waals surface area contributed by atoms with Crippen LogP contribution >= 0.6 is 0 Å². The molecule has 1 amide bonds. The molecule has 2 atom stereocenters. The molecule has 0 aromatic rings. The average Bonchev–Trinajstić information content (AvgIpc) is 3.42. The second kappa shape index (κ2) is 66.4. The highest BCUT2D eigenvalue weighted by atomic mass is 16.5. The third-order valence-electron chi connectivity index (χ3n) is 16.9. The van der Waals surface area contributed by atoms with Crippen molar-refractivity contribution in [2.75, 3.05) is 13.2 Å². The van der Waals surface area contributed by atoms with E-state index in [0.717, 1.165) is 38.5 Å². The van der Waals surface area contributed by atoms with Crippen LogP contribution in [0.1, 0.15) is 412 Å². The van der Waals surface area contributed by atoms with Crippen molar-refractivity contribution in [2.45, 2.75) is 424 Å². The number of ether oxygens (including phenoxy) is 1. The molecule has 0 aliphatic carbocycles. The van der Waals surface area contributed by atoms with Crippen LogP contribution in [0.25, 0.3) is 0 Å². The Bertz CT molecular complexity index is 1100. The molecule has 0 bridgehead atoms. The van der Waals surface area contributed by atoms with E-state index in [4.69, 9.17) is 4.74 Å². The van der Waals surface area contributed by atoms with E-state index in [0.29, 0.717) is 25.9 Å². The van der Waals surface area contributed by atoms with E-state index in [1.807, 2.05) is 0 Å². The standard InChI is InChI=1S/C70H139NO5/c1-3-5-7-9-11-13-15-17-19-21-28-32-36-40-44-48-52-56-60-64-70(75)76-65-61-57-53-49-45-41-37-33-30-27-25-23-22-24-26-29-31-35-39-43-47-51-55-59-63-69(74)71-67(66-72)68(73)62-58-54-50-46-42-38-34-20-18-16-14-12-10-8-6-4-2/h67-68,72-73H,3-66H2,1-2H3,(H,71,74). The number of esters is 1. The molecule has 0 fully saturated rings. The highest BCUT2D eigenvalue weighted by Crippen LogP contribution is 2.20. The molecule has 454 valence electrons. The molecule has 0 aliphatic heterocycles. The number of hydrogen-bond donors (Lipinski definition) is 3. The fourth-order valence-corrected chi connectivity index (χ4v) is 11.5. The molecule has 6 heteroatoms. The van der Waals surface area contributed by atoms with Gasteiger partial charge in [0.1, 0.15) is 0 Å². The predicted octanol–water partition coefficient (Wildman–Crippen LogP) is 22.6. The number of carbonyl (C=O) groups excluding carboxylic acids is 2. The molecule has 0 heterocycles. The zero-order valence-corrected chi connectivity index (χ0v) is 52.0. The molecule has 0 rings (SSSR count). The summed E-state index contributed by atoms with van der Waals surface area (Å²) in [5, 5.41) is 23.3. The zero-order valence-electron chi connectivity index (χ0n) is 52.0. The summed E-state index contributed by atoms with van der Waals surface area (Å²) in [6, 6.07) is -0.539. The monoisotopic (exact) mass is 1070 g/mol. The molecule has 0 aromatic carbocycles. The average molecular weight is 1070 g/mol. The van der Waals surface area contributed by atoms with Gasteiger partial charge in [0.05, 0.1) is 25.4 Å². The lowest BCUT2D eigenvalue weighted by Crippen LogP contribution is -2.45. The number of aliphatic hydroxyl groups excluding tert-OH is 2. The summed E-state index contributed by atoms with van der Waals surface area (Å²) in [5.41, 5.74) is 0. The second-order valence-corrected chi connectivity index (χ2v) is 24.6. The summed E-state index contributed by atoms with van der Waals surface area (Å²) >= 11 is 0. The summed E-state index contributed by atoms with van der Waals surface area (Å²) in [4.78, 5) is 24.6. The summed E-state index contributed by atoms with van der Waals surface area (Å²) in [7, 11) is 0. The molecule has 0 aromatic heterocycles. The smallest absolute Gasteiger partial charge is 0.305 e. The first-order chi connectivity index (χ1) is 37.5. The van der Waals surface area contributed by atoms with Gasteiger partial charge in [0.2, 0.25) is 5.91 Å². The van der Waals surface area contributed by atoms with Crippen molar-refractivity contribution in [3.05, 3.63) is 0 Å². The third kappa shape index (κ3) is 62.1. The Kier molecular flexibility index (Phi) is 65.4. The normalized spacial score (nSPS) is 12.4. The molecule has 2 unspecified atom stereocenters. The van der Waals surface area contributed by atoms with Crippen LogP contribution in [0, 0.1) is 0 Å². The van der Waals surface area contributed by atoms with E-state index < -0.39 is 12.1 Å². The van der Waals surface area contributed by atoms with E-state index in [1.165, 1.54) is 340 Å². The van der Waals surface area contributed by atoms with Crippen molar-refractivity contribution >= 4 is 11.9 Å². The summed E-state index contributed by atoms with van der Waals surface area (Å²) in [6.45, 7) is 5.00. The quantitative estimate of drug-likeness (QED) is 0.0417. The van der Waals surface area contributed by atoms with Gasteiger partial charge < -0.3 is 20.3 Å². The van der Waals surface area contributed by atoms with Gasteiger partial charge in [-0.25, -0.2) is 0 Å². The van der Waals surface area contributed by atoms with Crippen molar-refractivity contribution in [3.8, 4) is 0 Å². The molecule has 0 aliphatic rings. The minimum atomic E-state index is -0.662. The maximum absolute atomic E-state index is 12.5. The molecule has 0 radical (unpaired) electrons. The fraction of sp³-hybridized carbons (Fsp3) is 0.971. The van der Waals surface area contributed by atoms with Gasteiger partial charge in [-0.15, -0.1) is 0 Å². The Hall–Kier alpha value is -1.14. The van der Waals surface area contributed by atoms with E-state index in [-0.39, 0.29) is 18.5 Å². The maximum atomic E-state index is 12.5. The Labute approximate surface area is 476 Å². The van der Waals surface area contributed by atoms with Crippen molar-refractivity contribution < 1.29 is 24.5 Å². The van der Waals surface area contributed by atoms with E-state index in [9.17, 15) is 19.8 Å². The molecule has 6 nitrogen and oxygen atoms in total. The molecule has 0 spiro atoms. The van der Waals surface area contributed by atoms with E-state index >= 15 is 0 Å². The van der Waals surface area contributed by atoms with Crippen molar-refractivity contribution in [2.24, 2.45) is 0 Å². The summed E-state index contributed by atoms with van der Waals surface area (Å²) in [6.07, 6.45) is 80.0. The van der Waals surface area contributed by atoms with Crippen LogP contribution in [0.2, 0.25) is 0 Å². The topological polar surface area (TPSA) is 95.9 Å². The number of rotatable bonds is 67. The van der Waals surface area contributed by atoms with Crippen molar-refractivity contribution in [3.63, 3.8) is 0 Å². The molecule has 3 N–H and O–H groups in total. The van der Waals surface area contributed by atoms with Gasteiger partial charge in [-0.1, -0.05) is 373 Å². The number of amides is 1.